The minimum Gasteiger partial charge on any atom is -0.354 e. The number of carbonyl (C=O) groups is 1. The van der Waals surface area contributed by atoms with Gasteiger partial charge < -0.3 is 10.6 Å². The number of Topliss-reactive ketones (excluding diaryl/α,β-unsaturated/α-hetero) is 1. The Morgan fingerprint density at radius 2 is 1.73 bits per heavy atom. The Hall–Kier alpha value is -3.21. The Morgan fingerprint density at radius 1 is 1.00 bits per heavy atom. The van der Waals surface area contributed by atoms with Crippen LogP contribution in [0.5, 0.6) is 0 Å². The van der Waals surface area contributed by atoms with Gasteiger partial charge in [0.15, 0.2) is 5.78 Å². The minimum atomic E-state index is 0.0549. The van der Waals surface area contributed by atoms with Gasteiger partial charge in [-0.25, -0.2) is 4.98 Å². The molecule has 0 aliphatic heterocycles. The van der Waals surface area contributed by atoms with Crippen LogP contribution in [0, 0.1) is 6.92 Å². The molecule has 0 saturated heterocycles. The van der Waals surface area contributed by atoms with Crippen molar-refractivity contribution >= 4 is 23.2 Å². The van der Waals surface area contributed by atoms with Crippen molar-refractivity contribution in [2.24, 2.45) is 0 Å². The molecule has 0 bridgehead atoms. The Bertz CT molecular complexity index is 876. The molecule has 0 atom stereocenters. The summed E-state index contributed by atoms with van der Waals surface area (Å²) in [7, 11) is 0. The predicted octanol–water partition coefficient (Wildman–Crippen LogP) is 4.39. The molecule has 1 heterocycles. The normalized spacial score (nSPS) is 10.4. The molecule has 0 unspecified atom stereocenters. The van der Waals surface area contributed by atoms with Crippen LogP contribution in [0.25, 0.3) is 0 Å². The quantitative estimate of drug-likeness (QED) is 0.621. The van der Waals surface area contributed by atoms with Crippen molar-refractivity contribution in [1.82, 2.24) is 9.97 Å². The molecule has 3 aromatic rings. The first kappa shape index (κ1) is 17.6. The number of hydrogen-bond donors (Lipinski definition) is 2. The molecule has 0 aliphatic carbocycles. The third kappa shape index (κ3) is 4.89. The summed E-state index contributed by atoms with van der Waals surface area (Å²) in [6.45, 7) is 4.26. The van der Waals surface area contributed by atoms with Gasteiger partial charge in [-0.15, -0.1) is 0 Å². The van der Waals surface area contributed by atoms with Gasteiger partial charge in [0.1, 0.15) is 5.82 Å². The fourth-order valence-electron chi connectivity index (χ4n) is 2.61. The molecule has 0 amide bonds. The number of aromatic nitrogens is 2. The second-order valence-corrected chi connectivity index (χ2v) is 6.14. The molecule has 0 saturated carbocycles. The van der Waals surface area contributed by atoms with Crippen molar-refractivity contribution in [3.8, 4) is 0 Å². The highest BCUT2D eigenvalue weighted by Gasteiger charge is 2.04. The van der Waals surface area contributed by atoms with Crippen LogP contribution in [0.3, 0.4) is 0 Å². The average Bonchev–Trinajstić information content (AvgIpc) is 2.62. The third-order valence-corrected chi connectivity index (χ3v) is 3.96. The molecule has 0 radical (unpaired) electrons. The van der Waals surface area contributed by atoms with Gasteiger partial charge in [-0.2, -0.15) is 4.98 Å². The molecular formula is C21H22N4O. The standard InChI is InChI=1S/C21H22N4O/c1-15-14-20(24-19-10-8-18(9-11-19)16(2)26)25-21(23-15)22-13-12-17-6-4-3-5-7-17/h3-11,14H,12-13H2,1-2H3,(H2,22,23,24,25). The second-order valence-electron chi connectivity index (χ2n) is 6.14. The third-order valence-electron chi connectivity index (χ3n) is 3.96. The average molecular weight is 346 g/mol. The zero-order valence-corrected chi connectivity index (χ0v) is 15.0. The van der Waals surface area contributed by atoms with Crippen molar-refractivity contribution < 1.29 is 4.79 Å². The molecule has 26 heavy (non-hydrogen) atoms. The highest BCUT2D eigenvalue weighted by atomic mass is 16.1. The molecule has 5 heteroatoms. The Kier molecular flexibility index (Phi) is 5.59. The number of anilines is 3. The predicted molar refractivity (Wildman–Crippen MR) is 105 cm³/mol. The molecule has 0 aliphatic rings. The Labute approximate surface area is 153 Å². The molecule has 132 valence electrons. The van der Waals surface area contributed by atoms with Crippen LogP contribution in [0.15, 0.2) is 60.7 Å². The fourth-order valence-corrected chi connectivity index (χ4v) is 2.61. The smallest absolute Gasteiger partial charge is 0.224 e. The molecule has 2 aromatic carbocycles. The van der Waals surface area contributed by atoms with Gasteiger partial charge in [0.2, 0.25) is 5.95 Å². The number of ketones is 1. The summed E-state index contributed by atoms with van der Waals surface area (Å²) in [4.78, 5) is 20.3. The van der Waals surface area contributed by atoms with Crippen LogP contribution in [-0.4, -0.2) is 22.3 Å². The molecule has 1 aromatic heterocycles. The first-order valence-corrected chi connectivity index (χ1v) is 8.62. The van der Waals surface area contributed by atoms with Gasteiger partial charge in [-0.05, 0) is 50.1 Å². The van der Waals surface area contributed by atoms with Crippen molar-refractivity contribution in [3.05, 3.63) is 77.5 Å². The van der Waals surface area contributed by atoms with Crippen LogP contribution in [0.1, 0.15) is 28.5 Å². The molecule has 0 spiro atoms. The van der Waals surface area contributed by atoms with E-state index < -0.39 is 0 Å². The van der Waals surface area contributed by atoms with Crippen molar-refractivity contribution in [2.45, 2.75) is 20.3 Å². The largest absolute Gasteiger partial charge is 0.354 e. The first-order valence-electron chi connectivity index (χ1n) is 8.62. The Balaban J connectivity index is 1.64. The summed E-state index contributed by atoms with van der Waals surface area (Å²) >= 11 is 0. The highest BCUT2D eigenvalue weighted by Crippen LogP contribution is 2.17. The molecule has 3 rings (SSSR count). The van der Waals surface area contributed by atoms with E-state index in [1.807, 2.05) is 43.3 Å². The highest BCUT2D eigenvalue weighted by molar-refractivity contribution is 5.94. The number of carbonyl (C=O) groups excluding carboxylic acids is 1. The minimum absolute atomic E-state index is 0.0549. The number of aryl methyl sites for hydroxylation is 1. The lowest BCUT2D eigenvalue weighted by molar-refractivity contribution is 0.101. The summed E-state index contributed by atoms with van der Waals surface area (Å²) in [6.07, 6.45) is 0.910. The zero-order valence-electron chi connectivity index (χ0n) is 15.0. The maximum atomic E-state index is 11.4. The lowest BCUT2D eigenvalue weighted by Crippen LogP contribution is -2.09. The van der Waals surface area contributed by atoms with Crippen molar-refractivity contribution in [3.63, 3.8) is 0 Å². The summed E-state index contributed by atoms with van der Waals surface area (Å²) in [5, 5.41) is 6.53. The van der Waals surface area contributed by atoms with Gasteiger partial charge in [-0.3, -0.25) is 4.79 Å². The van der Waals surface area contributed by atoms with E-state index in [1.165, 1.54) is 5.56 Å². The lowest BCUT2D eigenvalue weighted by atomic mass is 10.1. The van der Waals surface area contributed by atoms with E-state index in [9.17, 15) is 4.79 Å². The van der Waals surface area contributed by atoms with E-state index in [0.717, 1.165) is 30.2 Å². The monoisotopic (exact) mass is 346 g/mol. The molecular weight excluding hydrogens is 324 g/mol. The van der Waals surface area contributed by atoms with Crippen molar-refractivity contribution in [1.29, 1.82) is 0 Å². The summed E-state index contributed by atoms with van der Waals surface area (Å²) in [5.41, 5.74) is 3.72. The van der Waals surface area contributed by atoms with Crippen LogP contribution in [0.2, 0.25) is 0 Å². The number of hydrogen-bond acceptors (Lipinski definition) is 5. The molecule has 2 N–H and O–H groups in total. The SMILES string of the molecule is CC(=O)c1ccc(Nc2cc(C)nc(NCCc3ccccc3)n2)cc1. The number of benzene rings is 2. The van der Waals surface area contributed by atoms with Crippen LogP contribution in [-0.2, 0) is 6.42 Å². The molecule has 5 nitrogen and oxygen atoms in total. The summed E-state index contributed by atoms with van der Waals surface area (Å²) in [5.74, 6) is 1.37. The first-order chi connectivity index (χ1) is 12.6. The maximum absolute atomic E-state index is 11.4. The van der Waals surface area contributed by atoms with Crippen LogP contribution >= 0.6 is 0 Å². The fraction of sp³-hybridized carbons (Fsp3) is 0.190. The topological polar surface area (TPSA) is 66.9 Å². The van der Waals surface area contributed by atoms with E-state index in [1.54, 1.807) is 19.1 Å². The van der Waals surface area contributed by atoms with E-state index >= 15 is 0 Å². The Morgan fingerprint density at radius 3 is 2.42 bits per heavy atom. The number of nitrogens with one attached hydrogen (secondary N) is 2. The number of rotatable bonds is 7. The van der Waals surface area contributed by atoms with Gasteiger partial charge in [0.05, 0.1) is 0 Å². The van der Waals surface area contributed by atoms with E-state index in [0.29, 0.717) is 11.5 Å². The summed E-state index contributed by atoms with van der Waals surface area (Å²) < 4.78 is 0. The van der Waals surface area contributed by atoms with E-state index in [4.69, 9.17) is 0 Å². The van der Waals surface area contributed by atoms with Gasteiger partial charge in [-0.1, -0.05) is 30.3 Å². The van der Waals surface area contributed by atoms with E-state index in [2.05, 4.69) is 32.7 Å². The maximum Gasteiger partial charge on any atom is 0.224 e. The van der Waals surface area contributed by atoms with Gasteiger partial charge >= 0.3 is 0 Å². The van der Waals surface area contributed by atoms with Crippen LogP contribution in [0.4, 0.5) is 17.5 Å². The summed E-state index contributed by atoms with van der Waals surface area (Å²) in [6, 6.07) is 19.5. The van der Waals surface area contributed by atoms with Gasteiger partial charge in [0, 0.05) is 29.6 Å². The van der Waals surface area contributed by atoms with E-state index in [-0.39, 0.29) is 5.78 Å². The number of nitrogens with zero attached hydrogens (tertiary/aromatic N) is 2. The van der Waals surface area contributed by atoms with Gasteiger partial charge in [0.25, 0.3) is 0 Å². The van der Waals surface area contributed by atoms with Crippen LogP contribution < -0.4 is 10.6 Å². The lowest BCUT2D eigenvalue weighted by Gasteiger charge is -2.10. The zero-order chi connectivity index (χ0) is 18.4. The molecule has 0 fully saturated rings. The van der Waals surface area contributed by atoms with Crippen molar-refractivity contribution in [2.75, 3.05) is 17.2 Å². The second kappa shape index (κ2) is 8.25.